The van der Waals surface area contributed by atoms with Crippen molar-refractivity contribution in [2.75, 3.05) is 25.6 Å². The average Bonchev–Trinajstić information content (AvgIpc) is 2.97. The molecule has 0 radical (unpaired) electrons. The zero-order chi connectivity index (χ0) is 14.5. The summed E-state index contributed by atoms with van der Waals surface area (Å²) in [5, 5.41) is 3.31. The molecule has 1 aromatic heterocycles. The Hall–Kier alpha value is -2.11. The molecule has 1 N–H and O–H groups in total. The monoisotopic (exact) mass is 286 g/mol. The Morgan fingerprint density at radius 3 is 2.81 bits per heavy atom. The van der Waals surface area contributed by atoms with E-state index in [2.05, 4.69) is 10.3 Å². The van der Waals surface area contributed by atoms with Gasteiger partial charge in [-0.05, 0) is 24.3 Å². The molecule has 1 saturated heterocycles. The number of aromatic nitrogens is 1. The molecule has 1 aliphatic rings. The van der Waals surface area contributed by atoms with E-state index in [1.165, 1.54) is 0 Å². The van der Waals surface area contributed by atoms with E-state index in [0.29, 0.717) is 13.2 Å². The van der Waals surface area contributed by atoms with Gasteiger partial charge in [-0.3, -0.25) is 4.98 Å². The predicted octanol–water partition coefficient (Wildman–Crippen LogP) is 2.62. The second kappa shape index (κ2) is 6.56. The summed E-state index contributed by atoms with van der Waals surface area (Å²) in [4.78, 5) is 4.10. The molecule has 3 rings (SSSR count). The minimum atomic E-state index is -0.0909. The van der Waals surface area contributed by atoms with Crippen LogP contribution in [-0.4, -0.2) is 37.5 Å². The second-order valence-electron chi connectivity index (χ2n) is 4.83. The molecule has 1 unspecified atom stereocenters. The lowest BCUT2D eigenvalue weighted by Gasteiger charge is -2.20. The zero-order valence-corrected chi connectivity index (χ0v) is 11.9. The van der Waals surface area contributed by atoms with Crippen molar-refractivity contribution in [2.24, 2.45) is 0 Å². The fraction of sp³-hybridized carbons (Fsp3) is 0.312. The molecule has 2 aromatic rings. The molecule has 2 heterocycles. The fourth-order valence-corrected chi connectivity index (χ4v) is 2.27. The highest BCUT2D eigenvalue weighted by Gasteiger charge is 2.30. The van der Waals surface area contributed by atoms with Crippen LogP contribution in [-0.2, 0) is 9.47 Å². The molecule has 21 heavy (non-hydrogen) atoms. The number of nitrogens with one attached hydrogen (secondary N) is 1. The summed E-state index contributed by atoms with van der Waals surface area (Å²) in [6.07, 6.45) is 3.39. The molecule has 5 heteroatoms. The van der Waals surface area contributed by atoms with E-state index in [1.54, 1.807) is 19.5 Å². The van der Waals surface area contributed by atoms with Gasteiger partial charge in [0, 0.05) is 13.3 Å². The van der Waals surface area contributed by atoms with Crippen molar-refractivity contribution in [3.05, 3.63) is 48.8 Å². The van der Waals surface area contributed by atoms with E-state index in [-0.39, 0.29) is 12.2 Å². The minimum Gasteiger partial charge on any atom is -0.483 e. The van der Waals surface area contributed by atoms with Crippen molar-refractivity contribution in [2.45, 2.75) is 12.2 Å². The summed E-state index contributed by atoms with van der Waals surface area (Å²) in [5.41, 5.74) is 1.81. The highest BCUT2D eigenvalue weighted by Crippen LogP contribution is 2.29. The van der Waals surface area contributed by atoms with Crippen molar-refractivity contribution in [1.29, 1.82) is 0 Å². The van der Waals surface area contributed by atoms with E-state index in [4.69, 9.17) is 14.2 Å². The first kappa shape index (κ1) is 13.9. The zero-order valence-electron chi connectivity index (χ0n) is 11.9. The smallest absolute Gasteiger partial charge is 0.150 e. The van der Waals surface area contributed by atoms with Crippen molar-refractivity contribution >= 4 is 11.4 Å². The van der Waals surface area contributed by atoms with Crippen LogP contribution in [0.4, 0.5) is 11.4 Å². The van der Waals surface area contributed by atoms with Crippen LogP contribution in [0.5, 0.6) is 5.75 Å². The number of benzene rings is 1. The van der Waals surface area contributed by atoms with Gasteiger partial charge in [0.1, 0.15) is 11.9 Å². The summed E-state index contributed by atoms with van der Waals surface area (Å²) >= 11 is 0. The van der Waals surface area contributed by atoms with Crippen molar-refractivity contribution in [3.8, 4) is 5.75 Å². The fourth-order valence-electron chi connectivity index (χ4n) is 2.27. The van der Waals surface area contributed by atoms with Crippen LogP contribution in [0.2, 0.25) is 0 Å². The molecule has 1 aromatic carbocycles. The molecule has 0 bridgehead atoms. The Balaban J connectivity index is 1.76. The standard InChI is InChI=1S/C16H18N2O3/c1-19-15-10-20-11-16(15)21-14-7-3-2-6-13(14)18-12-5-4-8-17-9-12/h2-9,15-16,18H,10-11H2,1H3/t15?,16-/m1/s1. The van der Waals surface area contributed by atoms with Gasteiger partial charge in [0.25, 0.3) is 0 Å². The lowest BCUT2D eigenvalue weighted by atomic mass is 10.2. The lowest BCUT2D eigenvalue weighted by Crippen LogP contribution is -2.31. The summed E-state index contributed by atoms with van der Waals surface area (Å²) in [5.74, 6) is 0.777. The first-order valence-corrected chi connectivity index (χ1v) is 6.90. The largest absolute Gasteiger partial charge is 0.483 e. The van der Waals surface area contributed by atoms with Crippen LogP contribution in [0.25, 0.3) is 0 Å². The maximum atomic E-state index is 6.05. The average molecular weight is 286 g/mol. The van der Waals surface area contributed by atoms with Gasteiger partial charge >= 0.3 is 0 Å². The second-order valence-corrected chi connectivity index (χ2v) is 4.83. The maximum Gasteiger partial charge on any atom is 0.150 e. The van der Waals surface area contributed by atoms with Crippen LogP contribution < -0.4 is 10.1 Å². The van der Waals surface area contributed by atoms with Crippen LogP contribution in [0, 0.1) is 0 Å². The van der Waals surface area contributed by atoms with Crippen LogP contribution in [0.15, 0.2) is 48.8 Å². The van der Waals surface area contributed by atoms with Gasteiger partial charge in [-0.15, -0.1) is 0 Å². The van der Waals surface area contributed by atoms with E-state index >= 15 is 0 Å². The molecule has 0 saturated carbocycles. The molecule has 2 atom stereocenters. The number of anilines is 2. The first-order valence-electron chi connectivity index (χ1n) is 6.90. The maximum absolute atomic E-state index is 6.05. The van der Waals surface area contributed by atoms with Gasteiger partial charge in [-0.1, -0.05) is 12.1 Å². The molecule has 0 aliphatic carbocycles. The Labute approximate surface area is 123 Å². The third-order valence-corrected chi connectivity index (χ3v) is 3.39. The lowest BCUT2D eigenvalue weighted by molar-refractivity contribution is 0.0329. The number of rotatable bonds is 5. The highest BCUT2D eigenvalue weighted by atomic mass is 16.6. The Morgan fingerprint density at radius 1 is 1.14 bits per heavy atom. The SMILES string of the molecule is COC1COC[C@H]1Oc1ccccc1Nc1cccnc1. The van der Waals surface area contributed by atoms with Gasteiger partial charge in [0.15, 0.2) is 6.10 Å². The van der Waals surface area contributed by atoms with Crippen LogP contribution in [0.3, 0.4) is 0 Å². The predicted molar refractivity (Wildman–Crippen MR) is 80.0 cm³/mol. The van der Waals surface area contributed by atoms with E-state index in [9.17, 15) is 0 Å². The molecule has 1 aliphatic heterocycles. The highest BCUT2D eigenvalue weighted by molar-refractivity contribution is 5.65. The number of hydrogen-bond donors (Lipinski definition) is 1. The Morgan fingerprint density at radius 2 is 2.00 bits per heavy atom. The number of hydrogen-bond acceptors (Lipinski definition) is 5. The first-order chi connectivity index (χ1) is 10.4. The van der Waals surface area contributed by atoms with Gasteiger partial charge in [0.05, 0.1) is 30.8 Å². The molecule has 110 valence electrons. The summed E-state index contributed by atoms with van der Waals surface area (Å²) in [7, 11) is 1.68. The summed E-state index contributed by atoms with van der Waals surface area (Å²) in [6, 6.07) is 11.7. The molecular formula is C16H18N2O3. The van der Waals surface area contributed by atoms with Gasteiger partial charge < -0.3 is 19.5 Å². The van der Waals surface area contributed by atoms with Gasteiger partial charge in [-0.25, -0.2) is 0 Å². The van der Waals surface area contributed by atoms with Gasteiger partial charge in [-0.2, -0.15) is 0 Å². The number of ether oxygens (including phenoxy) is 3. The third kappa shape index (κ3) is 3.32. The van der Waals surface area contributed by atoms with Crippen LogP contribution >= 0.6 is 0 Å². The third-order valence-electron chi connectivity index (χ3n) is 3.39. The number of methoxy groups -OCH3 is 1. The van der Waals surface area contributed by atoms with Crippen LogP contribution in [0.1, 0.15) is 0 Å². The van der Waals surface area contributed by atoms with Crippen molar-refractivity contribution in [1.82, 2.24) is 4.98 Å². The quantitative estimate of drug-likeness (QED) is 0.915. The Bertz CT molecular complexity index is 577. The van der Waals surface area contributed by atoms with E-state index < -0.39 is 0 Å². The molecule has 0 spiro atoms. The molecule has 0 amide bonds. The van der Waals surface area contributed by atoms with Crippen molar-refractivity contribution < 1.29 is 14.2 Å². The van der Waals surface area contributed by atoms with Crippen molar-refractivity contribution in [3.63, 3.8) is 0 Å². The molecule has 1 fully saturated rings. The van der Waals surface area contributed by atoms with Gasteiger partial charge in [0.2, 0.25) is 0 Å². The summed E-state index contributed by atoms with van der Waals surface area (Å²) in [6.45, 7) is 1.11. The number of para-hydroxylation sites is 2. The molecule has 5 nitrogen and oxygen atoms in total. The number of nitrogens with zero attached hydrogens (tertiary/aromatic N) is 1. The topological polar surface area (TPSA) is 52.6 Å². The van der Waals surface area contributed by atoms with E-state index in [1.807, 2.05) is 36.4 Å². The molecular weight excluding hydrogens is 268 g/mol. The normalized spacial score (nSPS) is 21.2. The van der Waals surface area contributed by atoms with E-state index in [0.717, 1.165) is 17.1 Å². The number of pyridine rings is 1. The Kier molecular flexibility index (Phi) is 4.33. The summed E-state index contributed by atoms with van der Waals surface area (Å²) < 4.78 is 16.8. The minimum absolute atomic E-state index is 0.0311.